The van der Waals surface area contributed by atoms with Crippen LogP contribution in [-0.4, -0.2) is 76.2 Å². The van der Waals surface area contributed by atoms with Gasteiger partial charge in [0.05, 0.1) is 5.69 Å². The van der Waals surface area contributed by atoms with Crippen molar-refractivity contribution >= 4 is 29.4 Å². The van der Waals surface area contributed by atoms with Gasteiger partial charge >= 0.3 is 0 Å². The maximum atomic E-state index is 12.8. The van der Waals surface area contributed by atoms with Gasteiger partial charge in [0.25, 0.3) is 5.91 Å². The van der Waals surface area contributed by atoms with Gasteiger partial charge in [-0.25, -0.2) is 9.97 Å². The third kappa shape index (κ3) is 10.7. The molecule has 0 saturated carbocycles. The van der Waals surface area contributed by atoms with Crippen LogP contribution in [0, 0.1) is 0 Å². The third-order valence-corrected chi connectivity index (χ3v) is 7.23. The van der Waals surface area contributed by atoms with Crippen LogP contribution in [0.2, 0.25) is 0 Å². The molecule has 11 nitrogen and oxygen atoms in total. The van der Waals surface area contributed by atoms with Gasteiger partial charge in [0.15, 0.2) is 0 Å². The smallest absolute Gasteiger partial charge is 0.256 e. The maximum Gasteiger partial charge on any atom is 0.256 e. The van der Waals surface area contributed by atoms with Gasteiger partial charge in [0, 0.05) is 52.0 Å². The van der Waals surface area contributed by atoms with E-state index in [1.54, 1.807) is 45.2 Å². The first kappa shape index (κ1) is 32.9. The van der Waals surface area contributed by atoms with Crippen LogP contribution < -0.4 is 16.0 Å². The second-order valence-corrected chi connectivity index (χ2v) is 11.2. The summed E-state index contributed by atoms with van der Waals surface area (Å²) in [6, 6.07) is 5.36. The number of rotatable bonds is 17. The number of anilines is 3. The van der Waals surface area contributed by atoms with E-state index in [-0.39, 0.29) is 23.4 Å². The molecule has 0 spiro atoms. The Morgan fingerprint density at radius 2 is 1.83 bits per heavy atom. The Hall–Kier alpha value is -3.57. The van der Waals surface area contributed by atoms with Gasteiger partial charge in [-0.1, -0.05) is 37.8 Å². The molecule has 4 N–H and O–H groups in total. The van der Waals surface area contributed by atoms with Crippen LogP contribution in [0.1, 0.15) is 87.7 Å². The van der Waals surface area contributed by atoms with Gasteiger partial charge in [0.1, 0.15) is 22.8 Å². The monoisotopic (exact) mass is 581 g/mol. The fourth-order valence-corrected chi connectivity index (χ4v) is 4.78. The number of hydrogen-bond acceptors (Lipinski definition) is 9. The molecule has 42 heavy (non-hydrogen) atoms. The summed E-state index contributed by atoms with van der Waals surface area (Å²) in [5.41, 5.74) is -0.384. The number of nitrogens with one attached hydrogen (secondary N) is 3. The number of methoxy groups -OCH3 is 1. The molecule has 230 valence electrons. The summed E-state index contributed by atoms with van der Waals surface area (Å²) in [4.78, 5) is 41.0. The fraction of sp³-hybridized carbons (Fsp3) is 0.581. The largest absolute Gasteiger partial charge is 0.385 e. The number of piperidine rings is 1. The minimum Gasteiger partial charge on any atom is -0.385 e. The van der Waals surface area contributed by atoms with Gasteiger partial charge in [0.2, 0.25) is 11.9 Å². The highest BCUT2D eigenvalue weighted by Gasteiger charge is 2.24. The summed E-state index contributed by atoms with van der Waals surface area (Å²) in [5, 5.41) is 19.6. The molecule has 0 radical (unpaired) electrons. The number of carbonyl (C=O) groups excluding carboxylic acids is 2. The lowest BCUT2D eigenvalue weighted by Crippen LogP contribution is -2.42. The molecule has 11 heteroatoms. The molecule has 0 unspecified atom stereocenters. The number of ether oxygens (including phenoxy) is 1. The molecule has 0 atom stereocenters. The molecule has 0 aromatic carbocycles. The molecule has 2 aromatic rings. The standard InChI is InChI=1S/C31H47N7O4/c1-5-18-32-29(40)24-22-33-30(37-28(24)36-26-14-12-13-25(35-26)31(2,3)41)34-23-16-19-38(20-17-23)27(39)15-10-8-6-7-9-11-21-42-4/h5,12-14,22-23,41H,1,6-11,15-21H2,2-4H3,(H,32,40)(H2,33,34,35,36,37). The zero-order valence-electron chi connectivity index (χ0n) is 25.3. The summed E-state index contributed by atoms with van der Waals surface area (Å²) in [7, 11) is 1.73. The van der Waals surface area contributed by atoms with Crippen molar-refractivity contribution in [2.75, 3.05) is 44.0 Å². The number of hydrogen-bond donors (Lipinski definition) is 4. The molecule has 2 amide bonds. The molecular weight excluding hydrogens is 534 g/mol. The zero-order valence-corrected chi connectivity index (χ0v) is 25.3. The minimum atomic E-state index is -1.12. The second-order valence-electron chi connectivity index (χ2n) is 11.2. The van der Waals surface area contributed by atoms with Crippen LogP contribution in [0.25, 0.3) is 0 Å². The molecular formula is C31H47N7O4. The van der Waals surface area contributed by atoms with Crippen molar-refractivity contribution in [3.05, 3.63) is 48.3 Å². The van der Waals surface area contributed by atoms with Crippen LogP contribution >= 0.6 is 0 Å². The second kappa shape index (κ2) is 16.8. The van der Waals surface area contributed by atoms with Gasteiger partial charge in [-0.05, 0) is 51.7 Å². The molecule has 2 aromatic heterocycles. The number of carbonyl (C=O) groups is 2. The van der Waals surface area contributed by atoms with Crippen LogP contribution in [0.4, 0.5) is 17.6 Å². The Morgan fingerprint density at radius 1 is 1.12 bits per heavy atom. The number of likely N-dealkylation sites (tertiary alicyclic amines) is 1. The number of pyridine rings is 1. The zero-order chi connectivity index (χ0) is 30.4. The molecule has 0 bridgehead atoms. The van der Waals surface area contributed by atoms with Crippen LogP contribution in [0.5, 0.6) is 0 Å². The number of aliphatic hydroxyl groups is 1. The quantitative estimate of drug-likeness (QED) is 0.156. The van der Waals surface area contributed by atoms with Crippen LogP contribution in [0.3, 0.4) is 0 Å². The first-order chi connectivity index (χ1) is 20.2. The molecule has 1 saturated heterocycles. The normalized spacial score (nSPS) is 14.0. The summed E-state index contributed by atoms with van der Waals surface area (Å²) < 4.78 is 5.08. The Morgan fingerprint density at radius 3 is 2.52 bits per heavy atom. The Labute approximate surface area is 249 Å². The van der Waals surface area contributed by atoms with Crippen molar-refractivity contribution in [2.45, 2.75) is 83.3 Å². The predicted octanol–water partition coefficient (Wildman–Crippen LogP) is 4.54. The van der Waals surface area contributed by atoms with Crippen molar-refractivity contribution in [1.29, 1.82) is 0 Å². The average molecular weight is 582 g/mol. The first-order valence-electron chi connectivity index (χ1n) is 15.0. The van der Waals surface area contributed by atoms with E-state index in [2.05, 4.69) is 37.5 Å². The SMILES string of the molecule is C=CCNC(=O)c1cnc(NC2CCN(C(=O)CCCCCCCCOC)CC2)nc1Nc1cccc(C(C)(C)O)n1. The minimum absolute atomic E-state index is 0.103. The van der Waals surface area contributed by atoms with Crippen LogP contribution in [0.15, 0.2) is 37.1 Å². The summed E-state index contributed by atoms with van der Waals surface area (Å²) >= 11 is 0. The highest BCUT2D eigenvalue weighted by atomic mass is 16.5. The van der Waals surface area contributed by atoms with Crippen LogP contribution in [-0.2, 0) is 15.1 Å². The van der Waals surface area contributed by atoms with Gasteiger partial charge in [-0.2, -0.15) is 4.98 Å². The molecule has 0 aliphatic carbocycles. The number of unbranched alkanes of at least 4 members (excludes halogenated alkanes) is 5. The molecule has 1 aliphatic heterocycles. The molecule has 3 heterocycles. The van der Waals surface area contributed by atoms with E-state index >= 15 is 0 Å². The van der Waals surface area contributed by atoms with E-state index in [9.17, 15) is 14.7 Å². The number of amides is 2. The van der Waals surface area contributed by atoms with Gasteiger partial charge < -0.3 is 30.7 Å². The van der Waals surface area contributed by atoms with Crippen molar-refractivity contribution in [2.24, 2.45) is 0 Å². The van der Waals surface area contributed by atoms with Gasteiger partial charge in [-0.15, -0.1) is 6.58 Å². The topological polar surface area (TPSA) is 142 Å². The van der Waals surface area contributed by atoms with E-state index in [0.29, 0.717) is 49.3 Å². The van der Waals surface area contributed by atoms with E-state index in [1.165, 1.54) is 19.0 Å². The third-order valence-electron chi connectivity index (χ3n) is 7.23. The van der Waals surface area contributed by atoms with Crippen molar-refractivity contribution in [1.82, 2.24) is 25.2 Å². The van der Waals surface area contributed by atoms with E-state index in [4.69, 9.17) is 4.74 Å². The van der Waals surface area contributed by atoms with Crippen molar-refractivity contribution < 1.29 is 19.4 Å². The van der Waals surface area contributed by atoms with E-state index in [0.717, 1.165) is 45.1 Å². The summed E-state index contributed by atoms with van der Waals surface area (Å²) in [6.45, 7) is 9.46. The highest BCUT2D eigenvalue weighted by molar-refractivity contribution is 5.99. The van der Waals surface area contributed by atoms with E-state index < -0.39 is 5.60 Å². The summed E-state index contributed by atoms with van der Waals surface area (Å²) in [5.74, 6) is 0.995. The predicted molar refractivity (Wildman–Crippen MR) is 165 cm³/mol. The Balaban J connectivity index is 1.56. The Kier molecular flexibility index (Phi) is 13.1. The van der Waals surface area contributed by atoms with Crippen molar-refractivity contribution in [3.8, 4) is 0 Å². The highest BCUT2D eigenvalue weighted by Crippen LogP contribution is 2.24. The van der Waals surface area contributed by atoms with Gasteiger partial charge in [-0.3, -0.25) is 9.59 Å². The summed E-state index contributed by atoms with van der Waals surface area (Å²) in [6.07, 6.45) is 11.9. The molecule has 3 rings (SSSR count). The lowest BCUT2D eigenvalue weighted by atomic mass is 10.0. The first-order valence-corrected chi connectivity index (χ1v) is 15.0. The average Bonchev–Trinajstić information content (AvgIpc) is 2.97. The van der Waals surface area contributed by atoms with Crippen molar-refractivity contribution in [3.63, 3.8) is 0 Å². The lowest BCUT2D eigenvalue weighted by molar-refractivity contribution is -0.132. The Bertz CT molecular complexity index is 1160. The molecule has 1 aliphatic rings. The number of aromatic nitrogens is 3. The molecule has 1 fully saturated rings. The fourth-order valence-electron chi connectivity index (χ4n) is 4.78. The number of nitrogens with zero attached hydrogens (tertiary/aromatic N) is 4. The lowest BCUT2D eigenvalue weighted by Gasteiger charge is -2.32. The maximum absolute atomic E-state index is 12.8. The van der Waals surface area contributed by atoms with E-state index in [1.807, 2.05) is 4.90 Å².